The maximum atomic E-state index is 12.1. The molecule has 6 nitrogen and oxygen atoms in total. The molecule has 26 heavy (non-hydrogen) atoms. The van der Waals surface area contributed by atoms with Gasteiger partial charge in [-0.05, 0) is 55.1 Å². The number of benzene rings is 2. The number of nitrogens with zero attached hydrogens (tertiary/aromatic N) is 1. The Morgan fingerprint density at radius 3 is 2.54 bits per heavy atom. The summed E-state index contributed by atoms with van der Waals surface area (Å²) >= 11 is 1.59. The first-order valence-corrected chi connectivity index (χ1v) is 10.5. The minimum atomic E-state index is -3.50. The predicted octanol–water partition coefficient (Wildman–Crippen LogP) is 2.98. The second-order valence-electron chi connectivity index (χ2n) is 5.78. The van der Waals surface area contributed by atoms with E-state index >= 15 is 0 Å². The normalized spacial score (nSPS) is 11.4. The van der Waals surface area contributed by atoms with Crippen molar-refractivity contribution < 1.29 is 17.9 Å². The molecule has 0 unspecified atom stereocenters. The molecule has 0 fully saturated rings. The van der Waals surface area contributed by atoms with Crippen LogP contribution in [0.25, 0.3) is 0 Å². The molecule has 0 saturated carbocycles. The third-order valence-corrected chi connectivity index (χ3v) is 6.17. The third kappa shape index (κ3) is 5.00. The number of rotatable bonds is 7. The molecular weight excluding hydrogens is 372 g/mol. The Labute approximate surface area is 158 Å². The quantitative estimate of drug-likeness (QED) is 0.731. The molecule has 0 spiro atoms. The SMILES string of the molecule is CSc1cccc(NC(=O)COc2ccc(S(=O)(=O)N(C)C)cc2C)c1. The van der Waals surface area contributed by atoms with E-state index in [1.165, 1.54) is 26.2 Å². The Kier molecular flexibility index (Phi) is 6.69. The Hall–Kier alpha value is -2.03. The van der Waals surface area contributed by atoms with Gasteiger partial charge in [0, 0.05) is 24.7 Å². The number of carbonyl (C=O) groups is 1. The smallest absolute Gasteiger partial charge is 0.262 e. The predicted molar refractivity (Wildman–Crippen MR) is 104 cm³/mol. The maximum absolute atomic E-state index is 12.1. The maximum Gasteiger partial charge on any atom is 0.262 e. The summed E-state index contributed by atoms with van der Waals surface area (Å²) in [7, 11) is -0.543. The van der Waals surface area contributed by atoms with E-state index in [-0.39, 0.29) is 17.4 Å². The summed E-state index contributed by atoms with van der Waals surface area (Å²) in [6, 6.07) is 12.1. The number of hydrogen-bond acceptors (Lipinski definition) is 5. The number of aryl methyl sites for hydroxylation is 1. The molecule has 0 saturated heterocycles. The molecule has 1 amide bonds. The van der Waals surface area contributed by atoms with Crippen molar-refractivity contribution in [3.63, 3.8) is 0 Å². The minimum absolute atomic E-state index is 0.163. The molecule has 1 N–H and O–H groups in total. The first-order chi connectivity index (χ1) is 12.2. The van der Waals surface area contributed by atoms with E-state index in [9.17, 15) is 13.2 Å². The Balaban J connectivity index is 2.02. The van der Waals surface area contributed by atoms with Crippen LogP contribution in [0.5, 0.6) is 5.75 Å². The molecule has 2 aromatic carbocycles. The van der Waals surface area contributed by atoms with Crippen LogP contribution < -0.4 is 10.1 Å². The molecular formula is C18H22N2O4S2. The van der Waals surface area contributed by atoms with E-state index in [0.29, 0.717) is 17.0 Å². The lowest BCUT2D eigenvalue weighted by Gasteiger charge is -2.14. The lowest BCUT2D eigenvalue weighted by atomic mass is 10.2. The second-order valence-corrected chi connectivity index (χ2v) is 8.82. The highest BCUT2D eigenvalue weighted by atomic mass is 32.2. The van der Waals surface area contributed by atoms with Gasteiger partial charge in [0.1, 0.15) is 5.75 Å². The van der Waals surface area contributed by atoms with Gasteiger partial charge in [0.25, 0.3) is 5.91 Å². The summed E-state index contributed by atoms with van der Waals surface area (Å²) in [6.45, 7) is 1.58. The van der Waals surface area contributed by atoms with Gasteiger partial charge in [-0.15, -0.1) is 11.8 Å². The van der Waals surface area contributed by atoms with Gasteiger partial charge in [-0.2, -0.15) is 0 Å². The standard InChI is InChI=1S/C18H22N2O4S2/c1-13-10-16(26(22,23)20(2)3)8-9-17(13)24-12-18(21)19-14-6-5-7-15(11-14)25-4/h5-11H,12H2,1-4H3,(H,19,21). The zero-order chi connectivity index (χ0) is 19.3. The van der Waals surface area contributed by atoms with Crippen molar-refractivity contribution in [3.8, 4) is 5.75 Å². The molecule has 2 rings (SSSR count). The Morgan fingerprint density at radius 2 is 1.92 bits per heavy atom. The van der Waals surface area contributed by atoms with E-state index in [1.807, 2.05) is 30.5 Å². The van der Waals surface area contributed by atoms with Crippen molar-refractivity contribution in [2.45, 2.75) is 16.7 Å². The molecule has 0 aromatic heterocycles. The number of anilines is 1. The fraction of sp³-hybridized carbons (Fsp3) is 0.278. The van der Waals surface area contributed by atoms with Crippen LogP contribution in [-0.2, 0) is 14.8 Å². The monoisotopic (exact) mass is 394 g/mol. The first kappa shape index (κ1) is 20.3. The molecule has 0 bridgehead atoms. The number of sulfonamides is 1. The first-order valence-electron chi connectivity index (χ1n) is 7.84. The van der Waals surface area contributed by atoms with Crippen LogP contribution >= 0.6 is 11.8 Å². The fourth-order valence-corrected chi connectivity index (χ4v) is 3.64. The van der Waals surface area contributed by atoms with Crippen molar-refractivity contribution in [2.24, 2.45) is 0 Å². The fourth-order valence-electron chi connectivity index (χ4n) is 2.20. The lowest BCUT2D eigenvalue weighted by Crippen LogP contribution is -2.22. The third-order valence-electron chi connectivity index (χ3n) is 3.64. The number of carbonyl (C=O) groups excluding carboxylic acids is 1. The molecule has 140 valence electrons. The average Bonchev–Trinajstić information content (AvgIpc) is 2.60. The highest BCUT2D eigenvalue weighted by Gasteiger charge is 2.18. The van der Waals surface area contributed by atoms with Gasteiger partial charge in [0.2, 0.25) is 10.0 Å². The average molecular weight is 395 g/mol. The number of hydrogen-bond donors (Lipinski definition) is 1. The Morgan fingerprint density at radius 1 is 1.19 bits per heavy atom. The van der Waals surface area contributed by atoms with Gasteiger partial charge in [0.15, 0.2) is 6.61 Å². The zero-order valence-corrected chi connectivity index (χ0v) is 16.8. The van der Waals surface area contributed by atoms with E-state index < -0.39 is 10.0 Å². The van der Waals surface area contributed by atoms with Crippen LogP contribution in [0.3, 0.4) is 0 Å². The van der Waals surface area contributed by atoms with Gasteiger partial charge >= 0.3 is 0 Å². The number of nitrogens with one attached hydrogen (secondary N) is 1. The van der Waals surface area contributed by atoms with Crippen molar-refractivity contribution in [1.29, 1.82) is 0 Å². The van der Waals surface area contributed by atoms with Gasteiger partial charge in [-0.25, -0.2) is 12.7 Å². The summed E-state index contributed by atoms with van der Waals surface area (Å²) < 4.78 is 31.0. The minimum Gasteiger partial charge on any atom is -0.483 e. The van der Waals surface area contributed by atoms with E-state index in [0.717, 1.165) is 9.20 Å². The van der Waals surface area contributed by atoms with E-state index in [2.05, 4.69) is 5.32 Å². The largest absolute Gasteiger partial charge is 0.483 e. The van der Waals surface area contributed by atoms with Gasteiger partial charge in [0.05, 0.1) is 4.90 Å². The molecule has 0 heterocycles. The van der Waals surface area contributed by atoms with Gasteiger partial charge < -0.3 is 10.1 Å². The van der Waals surface area contributed by atoms with Crippen LogP contribution in [-0.4, -0.2) is 45.6 Å². The number of thioether (sulfide) groups is 1. The van der Waals surface area contributed by atoms with Gasteiger partial charge in [-0.3, -0.25) is 4.79 Å². The topological polar surface area (TPSA) is 75.7 Å². The summed E-state index contributed by atoms with van der Waals surface area (Å²) in [4.78, 5) is 13.3. The van der Waals surface area contributed by atoms with Crippen molar-refractivity contribution in [2.75, 3.05) is 32.3 Å². The second kappa shape index (κ2) is 8.57. The highest BCUT2D eigenvalue weighted by molar-refractivity contribution is 7.98. The van der Waals surface area contributed by atoms with Gasteiger partial charge in [-0.1, -0.05) is 6.07 Å². The van der Waals surface area contributed by atoms with Crippen LogP contribution in [0.15, 0.2) is 52.3 Å². The molecule has 0 atom stereocenters. The van der Waals surface area contributed by atoms with Crippen LogP contribution in [0.1, 0.15) is 5.56 Å². The van der Waals surface area contributed by atoms with Crippen molar-refractivity contribution >= 4 is 33.4 Å². The van der Waals surface area contributed by atoms with Crippen LogP contribution in [0.4, 0.5) is 5.69 Å². The molecule has 8 heteroatoms. The van der Waals surface area contributed by atoms with E-state index in [4.69, 9.17) is 4.74 Å². The molecule has 0 aliphatic carbocycles. The van der Waals surface area contributed by atoms with Crippen molar-refractivity contribution in [3.05, 3.63) is 48.0 Å². The van der Waals surface area contributed by atoms with E-state index in [1.54, 1.807) is 24.8 Å². The van der Waals surface area contributed by atoms with Crippen molar-refractivity contribution in [1.82, 2.24) is 4.31 Å². The lowest BCUT2D eigenvalue weighted by molar-refractivity contribution is -0.118. The zero-order valence-electron chi connectivity index (χ0n) is 15.1. The Bertz CT molecular complexity index is 896. The summed E-state index contributed by atoms with van der Waals surface area (Å²) in [5.74, 6) is 0.184. The number of amides is 1. The molecule has 2 aromatic rings. The summed E-state index contributed by atoms with van der Waals surface area (Å²) in [6.07, 6.45) is 1.97. The summed E-state index contributed by atoms with van der Waals surface area (Å²) in [5.41, 5.74) is 1.35. The van der Waals surface area contributed by atoms with Crippen LogP contribution in [0, 0.1) is 6.92 Å². The summed E-state index contributed by atoms with van der Waals surface area (Å²) in [5, 5.41) is 2.78. The molecule has 0 aliphatic rings. The molecule has 0 radical (unpaired) electrons. The van der Waals surface area contributed by atoms with Crippen LogP contribution in [0.2, 0.25) is 0 Å². The highest BCUT2D eigenvalue weighted by Crippen LogP contribution is 2.23. The molecule has 0 aliphatic heterocycles. The number of ether oxygens (including phenoxy) is 1.